The molecule has 0 amide bonds. The van der Waals surface area contributed by atoms with Gasteiger partial charge in [0.1, 0.15) is 0 Å². The Hall–Kier alpha value is -3.24. The van der Waals surface area contributed by atoms with E-state index in [4.69, 9.17) is 4.98 Å². The second-order valence-electron chi connectivity index (χ2n) is 8.47. The number of β-amino-alcohol motifs (C(OH)–C–C–N with tert-alkyl or cyclic N) is 1. The fourth-order valence-electron chi connectivity index (χ4n) is 4.18. The minimum absolute atomic E-state index is 0.0620. The summed E-state index contributed by atoms with van der Waals surface area (Å²) in [6.45, 7) is 10.9. The van der Waals surface area contributed by atoms with E-state index < -0.39 is 5.60 Å². The summed E-state index contributed by atoms with van der Waals surface area (Å²) in [6, 6.07) is 10.0. The van der Waals surface area contributed by atoms with Gasteiger partial charge in [0.05, 0.1) is 45.9 Å². The lowest BCUT2D eigenvalue weighted by Gasteiger charge is -2.46. The molecular weight excluding hydrogens is 376 g/mol. The minimum Gasteiger partial charge on any atom is -0.386 e. The standard InChI is InChI=1S/C23H26N6O/c1-13-17(10-24)7-6-8-18(13)14(2)26-22-19-9-20(29-11-23(5,30)12-29)15(3)25-21(19)16(4)27-28-22/h6-9,14,30H,11-12H2,1-5H3,(H,26,28)/t14-/m1/s1. The molecule has 1 atom stereocenters. The molecule has 1 aromatic carbocycles. The number of pyridine rings is 1. The molecule has 0 radical (unpaired) electrons. The maximum Gasteiger partial charge on any atom is 0.158 e. The Kier molecular flexibility index (Phi) is 4.83. The highest BCUT2D eigenvalue weighted by molar-refractivity contribution is 5.93. The maximum atomic E-state index is 10.1. The molecule has 1 fully saturated rings. The number of anilines is 2. The highest BCUT2D eigenvalue weighted by Crippen LogP contribution is 2.34. The molecule has 7 heteroatoms. The van der Waals surface area contributed by atoms with Gasteiger partial charge in [-0.05, 0) is 57.9 Å². The summed E-state index contributed by atoms with van der Waals surface area (Å²) in [4.78, 5) is 6.93. The van der Waals surface area contributed by atoms with Gasteiger partial charge in [0.2, 0.25) is 0 Å². The molecule has 1 aliphatic heterocycles. The summed E-state index contributed by atoms with van der Waals surface area (Å²) >= 11 is 0. The van der Waals surface area contributed by atoms with E-state index in [-0.39, 0.29) is 6.04 Å². The number of aromatic nitrogens is 3. The monoisotopic (exact) mass is 402 g/mol. The largest absolute Gasteiger partial charge is 0.386 e. The number of nitrogens with one attached hydrogen (secondary N) is 1. The summed E-state index contributed by atoms with van der Waals surface area (Å²) in [5, 5.41) is 32.6. The van der Waals surface area contributed by atoms with E-state index in [0.717, 1.165) is 39.1 Å². The highest BCUT2D eigenvalue weighted by atomic mass is 16.3. The molecule has 0 aliphatic carbocycles. The topological polar surface area (TPSA) is 98.0 Å². The fourth-order valence-corrected chi connectivity index (χ4v) is 4.18. The van der Waals surface area contributed by atoms with Gasteiger partial charge in [-0.3, -0.25) is 0 Å². The van der Waals surface area contributed by atoms with Gasteiger partial charge in [-0.25, -0.2) is 4.98 Å². The van der Waals surface area contributed by atoms with Crippen LogP contribution < -0.4 is 10.2 Å². The predicted molar refractivity (Wildman–Crippen MR) is 118 cm³/mol. The van der Waals surface area contributed by atoms with E-state index in [2.05, 4.69) is 32.5 Å². The van der Waals surface area contributed by atoms with Gasteiger partial charge in [-0.15, -0.1) is 5.10 Å². The number of fused-ring (bicyclic) bond motifs is 1. The van der Waals surface area contributed by atoms with Crippen molar-refractivity contribution in [1.82, 2.24) is 15.2 Å². The minimum atomic E-state index is -0.660. The summed E-state index contributed by atoms with van der Waals surface area (Å²) in [5.41, 5.74) is 5.51. The Morgan fingerprint density at radius 1 is 1.20 bits per heavy atom. The van der Waals surface area contributed by atoms with Crippen LogP contribution in [0.15, 0.2) is 24.3 Å². The van der Waals surface area contributed by atoms with Crippen LogP contribution in [-0.2, 0) is 0 Å². The second-order valence-corrected chi connectivity index (χ2v) is 8.47. The van der Waals surface area contributed by atoms with Gasteiger partial charge >= 0.3 is 0 Å². The van der Waals surface area contributed by atoms with Crippen molar-refractivity contribution in [2.75, 3.05) is 23.3 Å². The van der Waals surface area contributed by atoms with Crippen molar-refractivity contribution in [2.45, 2.75) is 46.3 Å². The van der Waals surface area contributed by atoms with E-state index in [0.29, 0.717) is 24.5 Å². The molecule has 0 bridgehead atoms. The van der Waals surface area contributed by atoms with Crippen molar-refractivity contribution in [2.24, 2.45) is 0 Å². The normalized spacial score (nSPS) is 16.1. The van der Waals surface area contributed by atoms with Gasteiger partial charge in [0, 0.05) is 18.5 Å². The Morgan fingerprint density at radius 2 is 1.93 bits per heavy atom. The quantitative estimate of drug-likeness (QED) is 0.688. The first-order valence-electron chi connectivity index (χ1n) is 10.1. The van der Waals surface area contributed by atoms with Crippen LogP contribution in [0.2, 0.25) is 0 Å². The average molecular weight is 403 g/mol. The van der Waals surface area contributed by atoms with Crippen molar-refractivity contribution >= 4 is 22.4 Å². The summed E-state index contributed by atoms with van der Waals surface area (Å²) < 4.78 is 0. The number of benzene rings is 1. The smallest absolute Gasteiger partial charge is 0.158 e. The Labute approximate surface area is 176 Å². The molecule has 0 unspecified atom stereocenters. The molecule has 154 valence electrons. The van der Waals surface area contributed by atoms with Gasteiger partial charge in [-0.1, -0.05) is 12.1 Å². The molecular formula is C23H26N6O. The van der Waals surface area contributed by atoms with Crippen molar-refractivity contribution in [1.29, 1.82) is 5.26 Å². The number of nitrogens with zero attached hydrogens (tertiary/aromatic N) is 5. The molecule has 30 heavy (non-hydrogen) atoms. The molecule has 1 aliphatic rings. The van der Waals surface area contributed by atoms with Crippen molar-refractivity contribution in [3.05, 3.63) is 52.3 Å². The Balaban J connectivity index is 1.74. The van der Waals surface area contributed by atoms with Crippen molar-refractivity contribution in [3.63, 3.8) is 0 Å². The molecule has 3 aromatic rings. The van der Waals surface area contributed by atoms with E-state index in [1.807, 2.05) is 52.8 Å². The molecule has 3 heterocycles. The Bertz CT molecular complexity index is 1170. The molecule has 1 saturated heterocycles. The molecule has 0 spiro atoms. The SMILES string of the molecule is Cc1nc2c(C)nnc(N[C@H](C)c3cccc(C#N)c3C)c2cc1N1CC(C)(O)C1. The van der Waals surface area contributed by atoms with E-state index >= 15 is 0 Å². The third-order valence-corrected chi connectivity index (χ3v) is 5.80. The molecule has 0 saturated carbocycles. The predicted octanol–water partition coefficient (Wildman–Crippen LogP) is 3.57. The first-order valence-corrected chi connectivity index (χ1v) is 10.1. The number of nitriles is 1. The van der Waals surface area contributed by atoms with Crippen molar-refractivity contribution < 1.29 is 5.11 Å². The van der Waals surface area contributed by atoms with E-state index in [9.17, 15) is 10.4 Å². The van der Waals surface area contributed by atoms with Gasteiger partial charge in [-0.2, -0.15) is 10.4 Å². The lowest BCUT2D eigenvalue weighted by atomic mass is 9.95. The zero-order valence-electron chi connectivity index (χ0n) is 18.0. The summed E-state index contributed by atoms with van der Waals surface area (Å²) in [5.74, 6) is 0.658. The number of aryl methyl sites for hydroxylation is 2. The average Bonchev–Trinajstić information content (AvgIpc) is 2.68. The first-order chi connectivity index (χ1) is 14.2. The molecule has 7 nitrogen and oxygen atoms in total. The number of hydrogen-bond acceptors (Lipinski definition) is 7. The first kappa shape index (κ1) is 20.0. The summed E-state index contributed by atoms with van der Waals surface area (Å²) in [7, 11) is 0. The lowest BCUT2D eigenvalue weighted by molar-refractivity contribution is 0.0309. The number of rotatable bonds is 4. The summed E-state index contributed by atoms with van der Waals surface area (Å²) in [6.07, 6.45) is 0. The third-order valence-electron chi connectivity index (χ3n) is 5.80. The van der Waals surface area contributed by atoms with Crippen LogP contribution in [0.1, 0.15) is 48.0 Å². The zero-order chi connectivity index (χ0) is 21.6. The lowest BCUT2D eigenvalue weighted by Crippen LogP contribution is -2.60. The molecule has 2 N–H and O–H groups in total. The fraction of sp³-hybridized carbons (Fsp3) is 0.391. The van der Waals surface area contributed by atoms with Crippen LogP contribution in [0.25, 0.3) is 10.9 Å². The molecule has 2 aromatic heterocycles. The second kappa shape index (κ2) is 7.22. The van der Waals surface area contributed by atoms with E-state index in [1.54, 1.807) is 0 Å². The van der Waals surface area contributed by atoms with Crippen molar-refractivity contribution in [3.8, 4) is 6.07 Å². The van der Waals surface area contributed by atoms with Gasteiger partial charge < -0.3 is 15.3 Å². The van der Waals surface area contributed by atoms with Gasteiger partial charge in [0.15, 0.2) is 5.82 Å². The molecule has 4 rings (SSSR count). The third kappa shape index (κ3) is 3.44. The van der Waals surface area contributed by atoms with Crippen LogP contribution in [-0.4, -0.2) is 39.0 Å². The van der Waals surface area contributed by atoms with Crippen LogP contribution in [0, 0.1) is 32.1 Å². The van der Waals surface area contributed by atoms with Crippen LogP contribution in [0.3, 0.4) is 0 Å². The zero-order valence-corrected chi connectivity index (χ0v) is 18.0. The van der Waals surface area contributed by atoms with Crippen LogP contribution >= 0.6 is 0 Å². The van der Waals surface area contributed by atoms with Crippen LogP contribution in [0.4, 0.5) is 11.5 Å². The number of hydrogen-bond donors (Lipinski definition) is 2. The number of aliphatic hydroxyl groups is 1. The van der Waals surface area contributed by atoms with Gasteiger partial charge in [0.25, 0.3) is 0 Å². The highest BCUT2D eigenvalue weighted by Gasteiger charge is 2.37. The Morgan fingerprint density at radius 3 is 2.60 bits per heavy atom. The van der Waals surface area contributed by atoms with Crippen LogP contribution in [0.5, 0.6) is 0 Å². The van der Waals surface area contributed by atoms with E-state index in [1.165, 1.54) is 0 Å². The maximum absolute atomic E-state index is 10.1.